The van der Waals surface area contributed by atoms with Crippen molar-refractivity contribution >= 4 is 5.95 Å². The fourth-order valence-electron chi connectivity index (χ4n) is 3.36. The second-order valence-corrected chi connectivity index (χ2v) is 6.60. The smallest absolute Gasteiger partial charge is 0.203 e. The molecule has 3 atom stereocenters. The van der Waals surface area contributed by atoms with Crippen LogP contribution in [0.3, 0.4) is 0 Å². The van der Waals surface area contributed by atoms with Gasteiger partial charge in [-0.1, -0.05) is 13.8 Å². The van der Waals surface area contributed by atoms with Crippen LogP contribution in [-0.4, -0.2) is 28.8 Å². The number of hydrogen-bond acceptors (Lipinski definition) is 3. The standard InChI is InChI=1S/C17H31N3O/c1-5-21-10-6-9-20-12-15(4)18-17(20)19-16-8-7-13(2)11-14(16)3/h12-14,16H,5-11H2,1-4H3,(H,18,19). The first-order valence-electron chi connectivity index (χ1n) is 8.48. The molecule has 0 spiro atoms. The molecule has 1 aliphatic rings. The van der Waals surface area contributed by atoms with Crippen LogP contribution in [0.1, 0.15) is 52.1 Å². The Bertz CT molecular complexity index is 430. The fraction of sp³-hybridized carbons (Fsp3) is 0.824. The summed E-state index contributed by atoms with van der Waals surface area (Å²) in [4.78, 5) is 4.67. The van der Waals surface area contributed by atoms with E-state index in [4.69, 9.17) is 4.74 Å². The molecule has 2 rings (SSSR count). The van der Waals surface area contributed by atoms with Gasteiger partial charge in [0, 0.05) is 32.0 Å². The van der Waals surface area contributed by atoms with Crippen molar-refractivity contribution in [2.24, 2.45) is 11.8 Å². The predicted octanol–water partition coefficient (Wildman–Crippen LogP) is 3.85. The summed E-state index contributed by atoms with van der Waals surface area (Å²) in [5.74, 6) is 2.63. The summed E-state index contributed by atoms with van der Waals surface area (Å²) < 4.78 is 7.68. The van der Waals surface area contributed by atoms with Crippen LogP contribution in [0.5, 0.6) is 0 Å². The first-order valence-corrected chi connectivity index (χ1v) is 8.48. The molecule has 21 heavy (non-hydrogen) atoms. The molecular weight excluding hydrogens is 262 g/mol. The van der Waals surface area contributed by atoms with Crippen LogP contribution < -0.4 is 5.32 Å². The van der Waals surface area contributed by atoms with E-state index in [-0.39, 0.29) is 0 Å². The van der Waals surface area contributed by atoms with Crippen LogP contribution in [-0.2, 0) is 11.3 Å². The van der Waals surface area contributed by atoms with E-state index in [2.05, 4.69) is 41.8 Å². The van der Waals surface area contributed by atoms with Gasteiger partial charge in [-0.25, -0.2) is 4.98 Å². The Kier molecular flexibility index (Phi) is 6.09. The van der Waals surface area contributed by atoms with Gasteiger partial charge in [-0.2, -0.15) is 0 Å². The zero-order chi connectivity index (χ0) is 15.2. The Hall–Kier alpha value is -1.03. The minimum atomic E-state index is 0.564. The molecule has 0 amide bonds. The molecule has 1 saturated carbocycles. The van der Waals surface area contributed by atoms with Crippen molar-refractivity contribution in [2.75, 3.05) is 18.5 Å². The largest absolute Gasteiger partial charge is 0.382 e. The second-order valence-electron chi connectivity index (χ2n) is 6.60. The number of aromatic nitrogens is 2. The molecule has 1 aliphatic carbocycles. The molecule has 1 aromatic rings. The van der Waals surface area contributed by atoms with Crippen molar-refractivity contribution in [3.8, 4) is 0 Å². The van der Waals surface area contributed by atoms with Gasteiger partial charge in [0.05, 0.1) is 5.69 Å². The summed E-state index contributed by atoms with van der Waals surface area (Å²) in [6.07, 6.45) is 7.08. The Balaban J connectivity index is 1.92. The first kappa shape index (κ1) is 16.3. The molecule has 4 heteroatoms. The summed E-state index contributed by atoms with van der Waals surface area (Å²) >= 11 is 0. The number of hydrogen-bond donors (Lipinski definition) is 1. The maximum absolute atomic E-state index is 5.43. The lowest BCUT2D eigenvalue weighted by Crippen LogP contribution is -2.34. The van der Waals surface area contributed by atoms with Crippen LogP contribution in [0, 0.1) is 18.8 Å². The van der Waals surface area contributed by atoms with Crippen LogP contribution in [0.15, 0.2) is 6.20 Å². The highest BCUT2D eigenvalue weighted by Crippen LogP contribution is 2.30. The topological polar surface area (TPSA) is 39.1 Å². The summed E-state index contributed by atoms with van der Waals surface area (Å²) in [6.45, 7) is 11.4. The number of aryl methyl sites for hydroxylation is 2. The van der Waals surface area contributed by atoms with Gasteiger partial charge in [0.2, 0.25) is 5.95 Å². The van der Waals surface area contributed by atoms with Gasteiger partial charge < -0.3 is 14.6 Å². The molecule has 120 valence electrons. The monoisotopic (exact) mass is 293 g/mol. The molecule has 4 nitrogen and oxygen atoms in total. The van der Waals surface area contributed by atoms with Crippen molar-refractivity contribution in [1.82, 2.24) is 9.55 Å². The van der Waals surface area contributed by atoms with E-state index in [1.54, 1.807) is 0 Å². The van der Waals surface area contributed by atoms with E-state index >= 15 is 0 Å². The lowest BCUT2D eigenvalue weighted by molar-refractivity contribution is 0.141. The van der Waals surface area contributed by atoms with Crippen LogP contribution >= 0.6 is 0 Å². The molecule has 0 aromatic carbocycles. The predicted molar refractivity (Wildman–Crippen MR) is 87.7 cm³/mol. The molecule has 0 aliphatic heterocycles. The number of imidazole rings is 1. The van der Waals surface area contributed by atoms with Crippen LogP contribution in [0.2, 0.25) is 0 Å². The highest BCUT2D eigenvalue weighted by molar-refractivity contribution is 5.30. The maximum Gasteiger partial charge on any atom is 0.203 e. The van der Waals surface area contributed by atoms with E-state index < -0.39 is 0 Å². The highest BCUT2D eigenvalue weighted by atomic mass is 16.5. The van der Waals surface area contributed by atoms with E-state index in [1.807, 2.05) is 6.92 Å². The normalized spacial score (nSPS) is 26.0. The number of nitrogens with one attached hydrogen (secondary N) is 1. The lowest BCUT2D eigenvalue weighted by atomic mass is 9.80. The van der Waals surface area contributed by atoms with Crippen LogP contribution in [0.4, 0.5) is 5.95 Å². The van der Waals surface area contributed by atoms with Crippen molar-refractivity contribution in [2.45, 2.75) is 66.0 Å². The lowest BCUT2D eigenvalue weighted by Gasteiger charge is -2.33. The fourth-order valence-corrected chi connectivity index (χ4v) is 3.36. The molecule has 0 radical (unpaired) electrons. The van der Waals surface area contributed by atoms with Gasteiger partial charge in [0.25, 0.3) is 0 Å². The van der Waals surface area contributed by atoms with Gasteiger partial charge >= 0.3 is 0 Å². The molecular formula is C17H31N3O. The summed E-state index contributed by atoms with van der Waals surface area (Å²) in [6, 6.07) is 0.564. The number of anilines is 1. The third-order valence-electron chi connectivity index (χ3n) is 4.53. The van der Waals surface area contributed by atoms with Gasteiger partial charge in [-0.15, -0.1) is 0 Å². The molecule has 1 aromatic heterocycles. The van der Waals surface area contributed by atoms with E-state index in [9.17, 15) is 0 Å². The Morgan fingerprint density at radius 1 is 1.38 bits per heavy atom. The average molecular weight is 293 g/mol. The molecule has 1 N–H and O–H groups in total. The van der Waals surface area contributed by atoms with Gasteiger partial charge in [0.15, 0.2) is 0 Å². The minimum Gasteiger partial charge on any atom is -0.382 e. The molecule has 0 bridgehead atoms. The van der Waals surface area contributed by atoms with E-state index in [0.717, 1.165) is 49.7 Å². The van der Waals surface area contributed by atoms with Gasteiger partial charge in [-0.05, 0) is 51.4 Å². The number of nitrogens with zero attached hydrogens (tertiary/aromatic N) is 2. The number of ether oxygens (including phenoxy) is 1. The third-order valence-corrected chi connectivity index (χ3v) is 4.53. The maximum atomic E-state index is 5.43. The summed E-state index contributed by atoms with van der Waals surface area (Å²) in [5, 5.41) is 3.69. The highest BCUT2D eigenvalue weighted by Gasteiger charge is 2.26. The molecule has 0 saturated heterocycles. The third kappa shape index (κ3) is 4.73. The van der Waals surface area contributed by atoms with Gasteiger partial charge in [-0.3, -0.25) is 0 Å². The van der Waals surface area contributed by atoms with E-state index in [1.165, 1.54) is 19.3 Å². The quantitative estimate of drug-likeness (QED) is 0.776. The Morgan fingerprint density at radius 3 is 2.90 bits per heavy atom. The zero-order valence-corrected chi connectivity index (χ0v) is 14.1. The van der Waals surface area contributed by atoms with Gasteiger partial charge in [0.1, 0.15) is 0 Å². The average Bonchev–Trinajstić information content (AvgIpc) is 2.78. The van der Waals surface area contributed by atoms with Crippen molar-refractivity contribution in [1.29, 1.82) is 0 Å². The van der Waals surface area contributed by atoms with E-state index in [0.29, 0.717) is 6.04 Å². The zero-order valence-electron chi connectivity index (χ0n) is 14.1. The molecule has 3 unspecified atom stereocenters. The molecule has 1 fully saturated rings. The second kappa shape index (κ2) is 7.83. The van der Waals surface area contributed by atoms with Crippen molar-refractivity contribution in [3.05, 3.63) is 11.9 Å². The Labute approximate surface area is 129 Å². The summed E-state index contributed by atoms with van der Waals surface area (Å²) in [5.41, 5.74) is 1.09. The number of rotatable bonds is 7. The molecule has 1 heterocycles. The first-order chi connectivity index (χ1) is 10.1. The Morgan fingerprint density at radius 2 is 2.19 bits per heavy atom. The summed E-state index contributed by atoms with van der Waals surface area (Å²) in [7, 11) is 0. The minimum absolute atomic E-state index is 0.564. The SMILES string of the molecule is CCOCCCn1cc(C)nc1NC1CCC(C)CC1C. The van der Waals surface area contributed by atoms with Crippen LogP contribution in [0.25, 0.3) is 0 Å². The van der Waals surface area contributed by atoms with Crippen molar-refractivity contribution < 1.29 is 4.74 Å². The van der Waals surface area contributed by atoms with Crippen molar-refractivity contribution in [3.63, 3.8) is 0 Å².